The van der Waals surface area contributed by atoms with Crippen molar-refractivity contribution < 1.29 is 4.79 Å². The van der Waals surface area contributed by atoms with Crippen molar-refractivity contribution in [2.45, 2.75) is 25.2 Å². The molecule has 0 bridgehead atoms. The van der Waals surface area contributed by atoms with Gasteiger partial charge in [0.2, 0.25) is 0 Å². The summed E-state index contributed by atoms with van der Waals surface area (Å²) in [6.45, 7) is 0. The smallest absolute Gasteiger partial charge is 0.166 e. The van der Waals surface area contributed by atoms with Crippen molar-refractivity contribution in [3.8, 4) is 0 Å². The van der Waals surface area contributed by atoms with Crippen LogP contribution in [0.1, 0.15) is 35.6 Å². The van der Waals surface area contributed by atoms with Crippen molar-refractivity contribution in [1.82, 2.24) is 0 Å². The fourth-order valence-corrected chi connectivity index (χ4v) is 3.35. The van der Waals surface area contributed by atoms with Crippen molar-refractivity contribution in [2.75, 3.05) is 0 Å². The molecule has 0 N–H and O–H groups in total. The predicted octanol–water partition coefficient (Wildman–Crippen LogP) is 4.67. The lowest BCUT2D eigenvalue weighted by molar-refractivity contribution is -0.117. The highest BCUT2D eigenvalue weighted by Crippen LogP contribution is 2.34. The molecule has 0 unspecified atom stereocenters. The minimum Gasteiger partial charge on any atom is -0.294 e. The van der Waals surface area contributed by atoms with E-state index in [0.29, 0.717) is 5.78 Å². The SMILES string of the molecule is O=C1C(=Cc2cccs2)CCC[C@@H]1c1ccccc1. The first-order valence-corrected chi connectivity index (χ1v) is 7.56. The van der Waals surface area contributed by atoms with Gasteiger partial charge in [-0.3, -0.25) is 4.79 Å². The van der Waals surface area contributed by atoms with Gasteiger partial charge in [0.05, 0.1) is 0 Å². The molecule has 0 aliphatic heterocycles. The number of ketones is 1. The van der Waals surface area contributed by atoms with E-state index < -0.39 is 0 Å². The highest BCUT2D eigenvalue weighted by molar-refractivity contribution is 7.10. The third-order valence-electron chi connectivity index (χ3n) is 3.63. The molecule has 0 saturated heterocycles. The van der Waals surface area contributed by atoms with Gasteiger partial charge < -0.3 is 0 Å². The number of carbonyl (C=O) groups is 1. The molecular formula is C17H16OS. The number of Topliss-reactive ketones (excluding diaryl/α,β-unsaturated/α-hetero) is 1. The van der Waals surface area contributed by atoms with Gasteiger partial charge >= 0.3 is 0 Å². The Morgan fingerprint density at radius 1 is 1.11 bits per heavy atom. The van der Waals surface area contributed by atoms with Gasteiger partial charge in [-0.2, -0.15) is 0 Å². The molecular weight excluding hydrogens is 252 g/mol. The molecule has 1 heterocycles. The van der Waals surface area contributed by atoms with E-state index in [9.17, 15) is 4.79 Å². The second-order valence-electron chi connectivity index (χ2n) is 4.90. The molecule has 1 aliphatic carbocycles. The predicted molar refractivity (Wildman–Crippen MR) is 80.3 cm³/mol. The monoisotopic (exact) mass is 268 g/mol. The van der Waals surface area contributed by atoms with Gasteiger partial charge in [0.15, 0.2) is 5.78 Å². The van der Waals surface area contributed by atoms with Crippen LogP contribution in [0.2, 0.25) is 0 Å². The average molecular weight is 268 g/mol. The molecule has 1 saturated carbocycles. The van der Waals surface area contributed by atoms with Crippen molar-refractivity contribution in [2.24, 2.45) is 0 Å². The van der Waals surface area contributed by atoms with E-state index in [1.807, 2.05) is 29.6 Å². The number of benzene rings is 1. The first-order valence-electron chi connectivity index (χ1n) is 6.68. The fraction of sp³-hybridized carbons (Fsp3) is 0.235. The Kier molecular flexibility index (Phi) is 3.60. The van der Waals surface area contributed by atoms with Crippen LogP contribution in [0.5, 0.6) is 0 Å². The summed E-state index contributed by atoms with van der Waals surface area (Å²) in [4.78, 5) is 13.8. The van der Waals surface area contributed by atoms with Gasteiger partial charge in [-0.15, -0.1) is 11.3 Å². The third-order valence-corrected chi connectivity index (χ3v) is 4.45. The van der Waals surface area contributed by atoms with Crippen LogP contribution in [0.25, 0.3) is 6.08 Å². The average Bonchev–Trinajstić information content (AvgIpc) is 2.95. The van der Waals surface area contributed by atoms with E-state index in [0.717, 1.165) is 30.4 Å². The van der Waals surface area contributed by atoms with E-state index in [2.05, 4.69) is 24.3 Å². The van der Waals surface area contributed by atoms with Crippen LogP contribution in [-0.2, 0) is 4.79 Å². The molecule has 0 amide bonds. The van der Waals surface area contributed by atoms with Crippen LogP contribution in [-0.4, -0.2) is 5.78 Å². The standard InChI is InChI=1S/C17H16OS/c18-17-14(12-15-9-5-11-19-15)8-4-10-16(17)13-6-2-1-3-7-13/h1-3,5-7,9,11-12,16H,4,8,10H2/t16-/m1/s1. The summed E-state index contributed by atoms with van der Waals surface area (Å²) in [5, 5.41) is 2.05. The zero-order valence-corrected chi connectivity index (χ0v) is 11.5. The number of carbonyl (C=O) groups excluding carboxylic acids is 1. The van der Waals surface area contributed by atoms with Crippen molar-refractivity contribution in [1.29, 1.82) is 0 Å². The summed E-state index contributed by atoms with van der Waals surface area (Å²) in [6.07, 6.45) is 5.06. The number of rotatable bonds is 2. The second-order valence-corrected chi connectivity index (χ2v) is 5.88. The van der Waals surface area contributed by atoms with E-state index in [1.165, 1.54) is 4.88 Å². The van der Waals surface area contributed by atoms with Crippen LogP contribution in [0, 0.1) is 0 Å². The van der Waals surface area contributed by atoms with E-state index in [1.54, 1.807) is 11.3 Å². The summed E-state index contributed by atoms with van der Waals surface area (Å²) >= 11 is 1.69. The quantitative estimate of drug-likeness (QED) is 0.723. The van der Waals surface area contributed by atoms with E-state index in [4.69, 9.17) is 0 Å². The molecule has 1 aromatic heterocycles. The Morgan fingerprint density at radius 2 is 1.95 bits per heavy atom. The van der Waals surface area contributed by atoms with Gasteiger partial charge in [0, 0.05) is 10.8 Å². The summed E-state index contributed by atoms with van der Waals surface area (Å²) in [5.74, 6) is 0.368. The summed E-state index contributed by atoms with van der Waals surface area (Å²) < 4.78 is 0. The van der Waals surface area contributed by atoms with Gasteiger partial charge in [0.25, 0.3) is 0 Å². The maximum atomic E-state index is 12.6. The molecule has 96 valence electrons. The molecule has 1 aromatic carbocycles. The number of hydrogen-bond acceptors (Lipinski definition) is 2. The Hall–Kier alpha value is -1.67. The second kappa shape index (κ2) is 5.54. The van der Waals surface area contributed by atoms with Gasteiger partial charge in [-0.25, -0.2) is 0 Å². The molecule has 2 heteroatoms. The van der Waals surface area contributed by atoms with E-state index >= 15 is 0 Å². The number of thiophene rings is 1. The normalized spacial score (nSPS) is 21.8. The highest BCUT2D eigenvalue weighted by Gasteiger charge is 2.27. The molecule has 0 radical (unpaired) electrons. The lowest BCUT2D eigenvalue weighted by Gasteiger charge is -2.23. The summed E-state index contributed by atoms with van der Waals surface area (Å²) in [6, 6.07) is 14.3. The summed E-state index contributed by atoms with van der Waals surface area (Å²) in [5.41, 5.74) is 2.15. The van der Waals surface area contributed by atoms with Crippen LogP contribution >= 0.6 is 11.3 Å². The van der Waals surface area contributed by atoms with Crippen LogP contribution in [0.3, 0.4) is 0 Å². The van der Waals surface area contributed by atoms with Crippen LogP contribution < -0.4 is 0 Å². The molecule has 1 atom stereocenters. The molecule has 0 spiro atoms. The molecule has 1 fully saturated rings. The van der Waals surface area contributed by atoms with Crippen molar-refractivity contribution >= 4 is 23.2 Å². The van der Waals surface area contributed by atoms with Crippen LogP contribution in [0.15, 0.2) is 53.4 Å². The van der Waals surface area contributed by atoms with Crippen LogP contribution in [0.4, 0.5) is 0 Å². The number of hydrogen-bond donors (Lipinski definition) is 0. The lowest BCUT2D eigenvalue weighted by Crippen LogP contribution is -2.19. The van der Waals surface area contributed by atoms with Gasteiger partial charge in [-0.1, -0.05) is 36.4 Å². The largest absolute Gasteiger partial charge is 0.294 e. The zero-order valence-electron chi connectivity index (χ0n) is 10.7. The maximum Gasteiger partial charge on any atom is 0.166 e. The number of allylic oxidation sites excluding steroid dienone is 1. The van der Waals surface area contributed by atoms with Gasteiger partial charge in [-0.05, 0) is 47.9 Å². The first kappa shape index (κ1) is 12.4. The topological polar surface area (TPSA) is 17.1 Å². The molecule has 19 heavy (non-hydrogen) atoms. The third kappa shape index (κ3) is 2.69. The Labute approximate surface area is 117 Å². The zero-order chi connectivity index (χ0) is 13.1. The Balaban J connectivity index is 1.88. The molecule has 3 rings (SSSR count). The first-order chi connectivity index (χ1) is 9.34. The highest BCUT2D eigenvalue weighted by atomic mass is 32.1. The van der Waals surface area contributed by atoms with Crippen molar-refractivity contribution in [3.63, 3.8) is 0 Å². The Morgan fingerprint density at radius 3 is 2.68 bits per heavy atom. The Bertz CT molecular complexity index is 581. The van der Waals surface area contributed by atoms with Gasteiger partial charge in [0.1, 0.15) is 0 Å². The molecule has 1 nitrogen and oxygen atoms in total. The summed E-state index contributed by atoms with van der Waals surface area (Å²) in [7, 11) is 0. The fourth-order valence-electron chi connectivity index (χ4n) is 2.67. The molecule has 2 aromatic rings. The molecule has 1 aliphatic rings. The van der Waals surface area contributed by atoms with Crippen molar-refractivity contribution in [3.05, 3.63) is 63.9 Å². The van der Waals surface area contributed by atoms with E-state index in [-0.39, 0.29) is 5.92 Å². The lowest BCUT2D eigenvalue weighted by atomic mass is 9.80. The minimum absolute atomic E-state index is 0.0566. The maximum absolute atomic E-state index is 12.6. The minimum atomic E-state index is 0.0566.